The van der Waals surface area contributed by atoms with Crippen molar-refractivity contribution >= 4 is 0 Å². The van der Waals surface area contributed by atoms with Gasteiger partial charge in [-0.2, -0.15) is 0 Å². The van der Waals surface area contributed by atoms with Gasteiger partial charge in [0, 0.05) is 0 Å². The summed E-state index contributed by atoms with van der Waals surface area (Å²) >= 11 is 0. The second kappa shape index (κ2) is 11.1. The van der Waals surface area contributed by atoms with Crippen LogP contribution in [-0.4, -0.2) is 42.3 Å². The quantitative estimate of drug-likeness (QED) is 0.347. The van der Waals surface area contributed by atoms with E-state index in [2.05, 4.69) is 42.3 Å². The van der Waals surface area contributed by atoms with E-state index in [4.69, 9.17) is 0 Å². The fraction of sp³-hybridized carbons (Fsp3) is 1.00. The van der Waals surface area contributed by atoms with Crippen LogP contribution in [0.25, 0.3) is 0 Å². The van der Waals surface area contributed by atoms with E-state index in [1.807, 2.05) is 0 Å². The molecule has 0 atom stereocenters. The molecule has 0 aliphatic carbocycles. The minimum atomic E-state index is 0. The lowest BCUT2D eigenvalue weighted by Gasteiger charge is -1.88. The van der Waals surface area contributed by atoms with Gasteiger partial charge in [0.1, 0.15) is 0 Å². The van der Waals surface area contributed by atoms with Gasteiger partial charge in [0.15, 0.2) is 0 Å². The molecule has 9 heavy (non-hydrogen) atoms. The van der Waals surface area contributed by atoms with Gasteiger partial charge in [-0.25, -0.2) is 0 Å². The fourth-order valence-electron chi connectivity index (χ4n) is 0. The molecule has 0 spiro atoms. The van der Waals surface area contributed by atoms with Crippen molar-refractivity contribution in [1.29, 1.82) is 0 Å². The summed E-state index contributed by atoms with van der Waals surface area (Å²) in [5, 5.41) is 0. The third kappa shape index (κ3) is 7180. The molecule has 0 aliphatic rings. The molecular weight excluding hydrogens is 136 g/mol. The monoisotopic (exact) mass is 156 g/mol. The lowest BCUT2D eigenvalue weighted by Crippen LogP contribution is -3.02. The maximum absolute atomic E-state index is 2.08. The van der Waals surface area contributed by atoms with Gasteiger partial charge in [0.25, 0.3) is 0 Å². The number of hydrogen-bond acceptors (Lipinski definition) is 0. The predicted molar refractivity (Wildman–Crippen MR) is 38.6 cm³/mol. The van der Waals surface area contributed by atoms with E-state index in [1.54, 1.807) is 0 Å². The Hall–Kier alpha value is 0.210. The third-order valence-corrected chi connectivity index (χ3v) is 0. The van der Waals surface area contributed by atoms with Crippen LogP contribution >= 0.6 is 0 Å². The minimum Gasteiger partial charge on any atom is -1.00 e. The van der Waals surface area contributed by atoms with Crippen molar-refractivity contribution in [3.05, 3.63) is 0 Å². The Balaban J connectivity index is -0.0000000300. The van der Waals surface area contributed by atoms with Crippen LogP contribution in [0.1, 0.15) is 1.43 Å². The second-order valence-corrected chi connectivity index (χ2v) is 3.00. The van der Waals surface area contributed by atoms with Gasteiger partial charge in [0.05, 0.1) is 42.3 Å². The first-order valence-corrected chi connectivity index (χ1v) is 3.00. The average molecular weight is 157 g/mol. The number of hydrogen-bond donors (Lipinski definition) is 2. The average Bonchev–Trinajstić information content (AvgIpc) is 1.25. The van der Waals surface area contributed by atoms with E-state index < -0.39 is 0 Å². The summed E-state index contributed by atoms with van der Waals surface area (Å²) in [6.07, 6.45) is 0. The van der Waals surface area contributed by atoms with Gasteiger partial charge in [-0.05, 0) is 0 Å². The van der Waals surface area contributed by atoms with Crippen LogP contribution in [0.15, 0.2) is 0 Å². The zero-order valence-electron chi connectivity index (χ0n) is 8.38. The molecule has 2 N–H and O–H groups in total. The Bertz CT molecular complexity index is 31.2. The highest BCUT2D eigenvalue weighted by molar-refractivity contribution is 3.59. The second-order valence-electron chi connectivity index (χ2n) is 3.00. The molecule has 0 radical (unpaired) electrons. The van der Waals surface area contributed by atoms with Crippen molar-refractivity contribution in [2.45, 2.75) is 0 Å². The normalized spacial score (nSPS) is 8.00. The zero-order chi connectivity index (χ0) is 7.15. The largest absolute Gasteiger partial charge is 1.00 e. The topological polar surface area (TPSA) is 8.88 Å². The molecule has 62 valence electrons. The fourth-order valence-corrected chi connectivity index (χ4v) is 0. The van der Waals surface area contributed by atoms with E-state index in [-0.39, 0.29) is 13.8 Å². The van der Waals surface area contributed by atoms with E-state index in [1.165, 1.54) is 9.80 Å². The van der Waals surface area contributed by atoms with Crippen LogP contribution in [0.5, 0.6) is 0 Å². The molecular formula is C6H21ClN2. The molecule has 0 aromatic heterocycles. The lowest BCUT2D eigenvalue weighted by atomic mass is 11.0. The standard InChI is InChI=1S/2C3H9N.ClH.H/c2*1-4(2)3;;/h2*1-3H3;1H;/q;;;-1/p+1. The maximum atomic E-state index is 2.08. The van der Waals surface area contributed by atoms with Crippen LogP contribution in [0.4, 0.5) is 0 Å². The Kier molecular flexibility index (Phi) is 19.8. The summed E-state index contributed by atoms with van der Waals surface area (Å²) in [5.41, 5.74) is 0. The van der Waals surface area contributed by atoms with E-state index in [0.717, 1.165) is 0 Å². The van der Waals surface area contributed by atoms with Crippen LogP contribution in [0.3, 0.4) is 0 Å². The van der Waals surface area contributed by atoms with Crippen molar-refractivity contribution < 1.29 is 23.6 Å². The first-order chi connectivity index (χ1) is 3.46. The third-order valence-electron chi connectivity index (χ3n) is 0. The summed E-state index contributed by atoms with van der Waals surface area (Å²) in [7, 11) is 12.5. The maximum Gasteiger partial charge on any atom is 0.0661 e. The molecule has 0 bridgehead atoms. The Morgan fingerprint density at radius 2 is 0.667 bits per heavy atom. The van der Waals surface area contributed by atoms with Crippen LogP contribution in [-0.2, 0) is 0 Å². The number of rotatable bonds is 0. The SMILES string of the molecule is C[NH+](C)C.C[NH+](C)C.[Cl-].[H-]. The summed E-state index contributed by atoms with van der Waals surface area (Å²) in [6.45, 7) is 0. The van der Waals surface area contributed by atoms with Gasteiger partial charge < -0.3 is 23.6 Å². The van der Waals surface area contributed by atoms with Gasteiger partial charge >= 0.3 is 0 Å². The Morgan fingerprint density at radius 1 is 0.667 bits per heavy atom. The molecule has 3 heteroatoms. The van der Waals surface area contributed by atoms with E-state index in [9.17, 15) is 0 Å². The van der Waals surface area contributed by atoms with Crippen molar-refractivity contribution in [1.82, 2.24) is 0 Å². The van der Waals surface area contributed by atoms with E-state index in [0.29, 0.717) is 0 Å². The zero-order valence-corrected chi connectivity index (χ0v) is 8.13. The van der Waals surface area contributed by atoms with Crippen LogP contribution < -0.4 is 22.2 Å². The van der Waals surface area contributed by atoms with Crippen molar-refractivity contribution in [2.75, 3.05) is 42.3 Å². The summed E-state index contributed by atoms with van der Waals surface area (Å²) < 4.78 is 0. The summed E-state index contributed by atoms with van der Waals surface area (Å²) in [5.74, 6) is 0. The highest BCUT2D eigenvalue weighted by atomic mass is 35.5. The Labute approximate surface area is 66.7 Å². The summed E-state index contributed by atoms with van der Waals surface area (Å²) in [4.78, 5) is 2.83. The molecule has 0 amide bonds. The van der Waals surface area contributed by atoms with Gasteiger partial charge in [-0.3, -0.25) is 0 Å². The number of nitrogens with one attached hydrogen (secondary N) is 2. The molecule has 0 fully saturated rings. The van der Waals surface area contributed by atoms with Crippen molar-refractivity contribution in [3.8, 4) is 0 Å². The summed E-state index contributed by atoms with van der Waals surface area (Å²) in [6, 6.07) is 0. The molecule has 0 aromatic rings. The van der Waals surface area contributed by atoms with Gasteiger partial charge in [-0.15, -0.1) is 0 Å². The highest BCUT2D eigenvalue weighted by Gasteiger charge is 1.61. The van der Waals surface area contributed by atoms with E-state index >= 15 is 0 Å². The number of halogens is 1. The molecule has 0 heterocycles. The molecule has 0 unspecified atom stereocenters. The van der Waals surface area contributed by atoms with Gasteiger partial charge in [-0.1, -0.05) is 0 Å². The molecule has 0 aromatic carbocycles. The molecule has 0 rings (SSSR count). The van der Waals surface area contributed by atoms with Crippen molar-refractivity contribution in [3.63, 3.8) is 0 Å². The highest BCUT2D eigenvalue weighted by Crippen LogP contribution is 0.868. The molecule has 0 aliphatic heterocycles. The Morgan fingerprint density at radius 3 is 0.667 bits per heavy atom. The first kappa shape index (κ1) is 16.1. The first-order valence-electron chi connectivity index (χ1n) is 3.00. The van der Waals surface area contributed by atoms with Crippen molar-refractivity contribution in [2.24, 2.45) is 0 Å². The molecule has 2 nitrogen and oxygen atoms in total. The molecule has 0 saturated heterocycles. The minimum absolute atomic E-state index is 0. The van der Waals surface area contributed by atoms with Crippen LogP contribution in [0.2, 0.25) is 0 Å². The van der Waals surface area contributed by atoms with Crippen LogP contribution in [0, 0.1) is 0 Å². The lowest BCUT2D eigenvalue weighted by molar-refractivity contribution is -0.836. The predicted octanol–water partition coefficient (Wildman–Crippen LogP) is -5.36. The number of quaternary nitrogens is 2. The smallest absolute Gasteiger partial charge is 0.0661 e. The molecule has 0 saturated carbocycles. The van der Waals surface area contributed by atoms with Gasteiger partial charge in [0.2, 0.25) is 0 Å².